The van der Waals surface area contributed by atoms with E-state index in [1.54, 1.807) is 0 Å². The van der Waals surface area contributed by atoms with Crippen molar-refractivity contribution in [2.24, 2.45) is 5.92 Å². The van der Waals surface area contributed by atoms with Gasteiger partial charge in [-0.15, -0.1) is 0 Å². The molecule has 2 atom stereocenters. The van der Waals surface area contributed by atoms with Gasteiger partial charge in [0, 0.05) is 0 Å². The molecule has 0 radical (unpaired) electrons. The minimum Gasteiger partial charge on any atom is -0.377 e. The number of nitrogens with one attached hydrogen (secondary N) is 1. The summed E-state index contributed by atoms with van der Waals surface area (Å²) >= 11 is 0. The second-order valence-corrected chi connectivity index (χ2v) is 5.69. The first-order valence-electron chi connectivity index (χ1n) is 6.23. The molecule has 0 aromatic carbocycles. The third-order valence-corrected chi connectivity index (χ3v) is 4.16. The van der Waals surface area contributed by atoms with Gasteiger partial charge in [0.25, 0.3) is 0 Å². The summed E-state index contributed by atoms with van der Waals surface area (Å²) in [5.74, 6) is 0.794. The fourth-order valence-electron chi connectivity index (χ4n) is 3.34. The molecule has 3 rings (SSSR count). The Morgan fingerprint density at radius 1 is 1.27 bits per heavy atom. The summed E-state index contributed by atoms with van der Waals surface area (Å²) in [7, 11) is 0. The van der Waals surface area contributed by atoms with E-state index in [4.69, 9.17) is 9.47 Å². The second-order valence-electron chi connectivity index (χ2n) is 5.69. The zero-order chi connectivity index (χ0) is 10.4. The Hall–Kier alpha value is -0.120. The molecule has 86 valence electrons. The molecule has 2 unspecified atom stereocenters. The lowest BCUT2D eigenvalue weighted by Crippen LogP contribution is -2.72. The van der Waals surface area contributed by atoms with Gasteiger partial charge in [0.1, 0.15) is 5.72 Å². The molecule has 0 bridgehead atoms. The van der Waals surface area contributed by atoms with Gasteiger partial charge in [-0.05, 0) is 31.6 Å². The number of ether oxygens (including phenoxy) is 2. The van der Waals surface area contributed by atoms with E-state index < -0.39 is 0 Å². The molecule has 2 heterocycles. The van der Waals surface area contributed by atoms with E-state index in [1.807, 2.05) is 0 Å². The third kappa shape index (κ3) is 1.71. The molecule has 3 heteroatoms. The predicted octanol–water partition coefficient (Wildman–Crippen LogP) is 1.67. The third-order valence-electron chi connectivity index (χ3n) is 4.16. The molecule has 15 heavy (non-hydrogen) atoms. The summed E-state index contributed by atoms with van der Waals surface area (Å²) in [5.41, 5.74) is 0.245. The van der Waals surface area contributed by atoms with Crippen LogP contribution in [0.3, 0.4) is 0 Å². The molecule has 1 aliphatic carbocycles. The zero-order valence-corrected chi connectivity index (χ0v) is 9.55. The maximum absolute atomic E-state index is 6.04. The van der Waals surface area contributed by atoms with E-state index in [9.17, 15) is 0 Å². The smallest absolute Gasteiger partial charge is 0.120 e. The van der Waals surface area contributed by atoms with Crippen molar-refractivity contribution in [1.82, 2.24) is 5.32 Å². The van der Waals surface area contributed by atoms with Crippen LogP contribution in [-0.4, -0.2) is 31.1 Å². The Morgan fingerprint density at radius 3 is 2.80 bits per heavy atom. The van der Waals surface area contributed by atoms with Crippen molar-refractivity contribution in [3.63, 3.8) is 0 Å². The van der Waals surface area contributed by atoms with Gasteiger partial charge in [-0.2, -0.15) is 0 Å². The Morgan fingerprint density at radius 2 is 2.13 bits per heavy atom. The van der Waals surface area contributed by atoms with E-state index in [2.05, 4.69) is 12.2 Å². The normalized spacial score (nSPS) is 44.2. The number of rotatable bonds is 0. The lowest BCUT2D eigenvalue weighted by atomic mass is 9.79. The van der Waals surface area contributed by atoms with Crippen LogP contribution < -0.4 is 5.32 Å². The van der Waals surface area contributed by atoms with Gasteiger partial charge < -0.3 is 9.47 Å². The van der Waals surface area contributed by atoms with Crippen LogP contribution >= 0.6 is 0 Å². The van der Waals surface area contributed by atoms with E-state index in [1.165, 1.54) is 25.7 Å². The molecule has 3 aliphatic rings. The van der Waals surface area contributed by atoms with Gasteiger partial charge in [-0.3, -0.25) is 5.32 Å². The van der Waals surface area contributed by atoms with Gasteiger partial charge in [-0.1, -0.05) is 13.3 Å². The quantitative estimate of drug-likeness (QED) is 0.661. The van der Waals surface area contributed by atoms with Gasteiger partial charge in [-0.25, -0.2) is 0 Å². The van der Waals surface area contributed by atoms with Crippen LogP contribution in [0.2, 0.25) is 0 Å². The second kappa shape index (κ2) is 3.44. The zero-order valence-electron chi connectivity index (χ0n) is 9.55. The maximum atomic E-state index is 6.04. The number of hydrogen-bond acceptors (Lipinski definition) is 3. The highest BCUT2D eigenvalue weighted by Crippen LogP contribution is 2.39. The van der Waals surface area contributed by atoms with Crippen molar-refractivity contribution >= 4 is 0 Å². The molecule has 1 saturated carbocycles. The van der Waals surface area contributed by atoms with Crippen molar-refractivity contribution in [2.45, 2.75) is 50.3 Å². The lowest BCUT2D eigenvalue weighted by molar-refractivity contribution is -0.210. The molecule has 3 fully saturated rings. The summed E-state index contributed by atoms with van der Waals surface area (Å²) in [6.45, 7) is 5.01. The lowest BCUT2D eigenvalue weighted by Gasteiger charge is -2.55. The SMILES string of the molecule is CC1CCCC2(C1)NC1(CCO2)COC1. The molecule has 2 saturated heterocycles. The van der Waals surface area contributed by atoms with Crippen LogP contribution in [0.1, 0.15) is 39.0 Å². The first kappa shape index (κ1) is 10.1. The molecular weight excluding hydrogens is 190 g/mol. The highest BCUT2D eigenvalue weighted by Gasteiger charge is 2.50. The molecule has 1 N–H and O–H groups in total. The first-order valence-corrected chi connectivity index (χ1v) is 6.23. The molecule has 0 aromatic heterocycles. The van der Waals surface area contributed by atoms with E-state index >= 15 is 0 Å². The average molecular weight is 211 g/mol. The molecule has 0 amide bonds. The Balaban J connectivity index is 1.73. The molecule has 2 aliphatic heterocycles. The number of hydrogen-bond donors (Lipinski definition) is 1. The van der Waals surface area contributed by atoms with Crippen LogP contribution in [0, 0.1) is 5.92 Å². The minimum atomic E-state index is -0.0142. The molecular formula is C12H21NO2. The summed E-state index contributed by atoms with van der Waals surface area (Å²) in [4.78, 5) is 0. The monoisotopic (exact) mass is 211 g/mol. The molecule has 3 nitrogen and oxygen atoms in total. The van der Waals surface area contributed by atoms with Crippen molar-refractivity contribution in [3.05, 3.63) is 0 Å². The summed E-state index contributed by atoms with van der Waals surface area (Å²) in [6.07, 6.45) is 6.12. The Labute approximate surface area is 91.5 Å². The summed E-state index contributed by atoms with van der Waals surface area (Å²) in [5, 5.41) is 3.76. The first-order chi connectivity index (χ1) is 7.22. The van der Waals surface area contributed by atoms with Crippen molar-refractivity contribution in [3.8, 4) is 0 Å². The van der Waals surface area contributed by atoms with Crippen molar-refractivity contribution < 1.29 is 9.47 Å². The maximum Gasteiger partial charge on any atom is 0.120 e. The Bertz CT molecular complexity index is 248. The van der Waals surface area contributed by atoms with E-state index in [0.29, 0.717) is 0 Å². The minimum absolute atomic E-state index is 0.0142. The van der Waals surface area contributed by atoms with Gasteiger partial charge in [0.2, 0.25) is 0 Å². The highest BCUT2D eigenvalue weighted by molar-refractivity contribution is 5.03. The fraction of sp³-hybridized carbons (Fsp3) is 1.00. The van der Waals surface area contributed by atoms with E-state index in [0.717, 1.165) is 32.2 Å². The standard InChI is InChI=1S/C12H21NO2/c1-10-3-2-4-12(7-10)13-11(5-6-15-12)8-14-9-11/h10,13H,2-9H2,1H3. The van der Waals surface area contributed by atoms with Crippen LogP contribution in [0.15, 0.2) is 0 Å². The molecule has 0 aromatic rings. The van der Waals surface area contributed by atoms with Gasteiger partial charge in [0.05, 0.1) is 25.4 Å². The fourth-order valence-corrected chi connectivity index (χ4v) is 3.34. The van der Waals surface area contributed by atoms with E-state index in [-0.39, 0.29) is 11.3 Å². The summed E-state index contributed by atoms with van der Waals surface area (Å²) < 4.78 is 11.4. The van der Waals surface area contributed by atoms with Crippen LogP contribution in [0.4, 0.5) is 0 Å². The topological polar surface area (TPSA) is 30.5 Å². The van der Waals surface area contributed by atoms with Crippen LogP contribution in [0.25, 0.3) is 0 Å². The highest BCUT2D eigenvalue weighted by atomic mass is 16.5. The average Bonchev–Trinajstić information content (AvgIpc) is 2.15. The largest absolute Gasteiger partial charge is 0.377 e. The van der Waals surface area contributed by atoms with Crippen LogP contribution in [0.5, 0.6) is 0 Å². The predicted molar refractivity (Wildman–Crippen MR) is 57.6 cm³/mol. The summed E-state index contributed by atoms with van der Waals surface area (Å²) in [6, 6.07) is 0. The van der Waals surface area contributed by atoms with Gasteiger partial charge in [0.15, 0.2) is 0 Å². The molecule has 2 spiro atoms. The Kier molecular flexibility index (Phi) is 2.31. The van der Waals surface area contributed by atoms with Crippen LogP contribution in [-0.2, 0) is 9.47 Å². The van der Waals surface area contributed by atoms with Crippen molar-refractivity contribution in [1.29, 1.82) is 0 Å². The van der Waals surface area contributed by atoms with Crippen molar-refractivity contribution in [2.75, 3.05) is 19.8 Å². The van der Waals surface area contributed by atoms with Gasteiger partial charge >= 0.3 is 0 Å².